The smallest absolute Gasteiger partial charge is 0.202 e. The molecule has 1 aliphatic heterocycles. The molecule has 1 aromatic rings. The number of rotatable bonds is 3. The van der Waals surface area contributed by atoms with Crippen molar-refractivity contribution in [3.05, 3.63) is 5.82 Å². The van der Waals surface area contributed by atoms with Crippen LogP contribution in [-0.4, -0.2) is 28.1 Å². The molecule has 2 heterocycles. The predicted octanol–water partition coefficient (Wildman–Crippen LogP) is 2.33. The molecule has 5 heteroatoms. The second kappa shape index (κ2) is 4.67. The van der Waals surface area contributed by atoms with E-state index < -0.39 is 0 Å². The highest BCUT2D eigenvalue weighted by Gasteiger charge is 2.19. The average molecular weight is 241 g/mol. The lowest BCUT2D eigenvalue weighted by molar-refractivity contribution is 0.185. The summed E-state index contributed by atoms with van der Waals surface area (Å²) in [6.45, 7) is 8.12. The van der Waals surface area contributed by atoms with Gasteiger partial charge in [-0.1, -0.05) is 0 Å². The molecule has 0 amide bonds. The summed E-state index contributed by atoms with van der Waals surface area (Å²) in [5, 5.41) is 4.26. The van der Waals surface area contributed by atoms with Crippen molar-refractivity contribution in [2.45, 2.75) is 39.2 Å². The Morgan fingerprint density at radius 3 is 2.94 bits per heavy atom. The van der Waals surface area contributed by atoms with Gasteiger partial charge in [-0.2, -0.15) is 4.37 Å². The van der Waals surface area contributed by atoms with Crippen molar-refractivity contribution in [2.24, 2.45) is 5.92 Å². The third kappa shape index (κ3) is 3.42. The van der Waals surface area contributed by atoms with E-state index in [4.69, 9.17) is 4.74 Å². The predicted molar refractivity (Wildman–Crippen MR) is 65.9 cm³/mol. The molecule has 1 atom stereocenters. The van der Waals surface area contributed by atoms with Crippen LogP contribution in [0.25, 0.3) is 0 Å². The molecule has 1 aromatic heterocycles. The van der Waals surface area contributed by atoms with Gasteiger partial charge in [0.2, 0.25) is 5.13 Å². The summed E-state index contributed by atoms with van der Waals surface area (Å²) in [6.07, 6.45) is 2.09. The number of anilines is 1. The molecule has 1 unspecified atom stereocenters. The maximum Gasteiger partial charge on any atom is 0.202 e. The van der Waals surface area contributed by atoms with E-state index in [1.165, 1.54) is 11.5 Å². The van der Waals surface area contributed by atoms with E-state index in [0.29, 0.717) is 5.92 Å². The van der Waals surface area contributed by atoms with Gasteiger partial charge < -0.3 is 10.1 Å². The van der Waals surface area contributed by atoms with E-state index in [1.54, 1.807) is 0 Å². The van der Waals surface area contributed by atoms with Crippen molar-refractivity contribution >= 4 is 16.7 Å². The van der Waals surface area contributed by atoms with Gasteiger partial charge in [0, 0.05) is 36.7 Å². The third-order valence-electron chi connectivity index (χ3n) is 2.45. The molecule has 0 saturated carbocycles. The van der Waals surface area contributed by atoms with E-state index in [-0.39, 0.29) is 5.54 Å². The molecule has 1 N–H and O–H groups in total. The largest absolute Gasteiger partial charge is 0.381 e. The number of hydrogen-bond donors (Lipinski definition) is 1. The van der Waals surface area contributed by atoms with Gasteiger partial charge in [0.05, 0.1) is 0 Å². The lowest BCUT2D eigenvalue weighted by Gasteiger charge is -2.18. The fourth-order valence-corrected chi connectivity index (χ4v) is 2.52. The van der Waals surface area contributed by atoms with Crippen molar-refractivity contribution in [1.29, 1.82) is 0 Å². The van der Waals surface area contributed by atoms with Gasteiger partial charge in [-0.3, -0.25) is 0 Å². The van der Waals surface area contributed by atoms with Crippen LogP contribution in [0.15, 0.2) is 0 Å². The molecule has 1 saturated heterocycles. The van der Waals surface area contributed by atoms with Gasteiger partial charge in [-0.05, 0) is 33.1 Å². The minimum Gasteiger partial charge on any atom is -0.381 e. The Bertz CT molecular complexity index is 339. The average Bonchev–Trinajstić information content (AvgIpc) is 2.75. The lowest BCUT2D eigenvalue weighted by Crippen LogP contribution is -2.25. The molecule has 1 fully saturated rings. The Morgan fingerprint density at radius 2 is 2.31 bits per heavy atom. The van der Waals surface area contributed by atoms with Crippen LogP contribution in [0, 0.1) is 5.92 Å². The molecule has 16 heavy (non-hydrogen) atoms. The number of nitrogens with one attached hydrogen (secondary N) is 1. The van der Waals surface area contributed by atoms with Crippen LogP contribution in [-0.2, 0) is 11.2 Å². The molecule has 1 aliphatic rings. The number of aromatic nitrogens is 2. The molecule has 0 radical (unpaired) electrons. The molecule has 0 aromatic carbocycles. The van der Waals surface area contributed by atoms with Crippen LogP contribution < -0.4 is 5.32 Å². The summed E-state index contributed by atoms with van der Waals surface area (Å²) in [6, 6.07) is 0. The Balaban J connectivity index is 1.91. The van der Waals surface area contributed by atoms with Gasteiger partial charge in [-0.15, -0.1) is 0 Å². The van der Waals surface area contributed by atoms with E-state index in [9.17, 15) is 0 Å². The SMILES string of the molecule is CC(C)(C)Nc1nc(CC2CCOC2)ns1. The maximum absolute atomic E-state index is 5.35. The Hall–Kier alpha value is -0.680. The molecule has 4 nitrogen and oxygen atoms in total. The molecule has 0 aliphatic carbocycles. The van der Waals surface area contributed by atoms with Gasteiger partial charge in [0.1, 0.15) is 5.82 Å². The quantitative estimate of drug-likeness (QED) is 0.882. The van der Waals surface area contributed by atoms with Crippen molar-refractivity contribution in [3.8, 4) is 0 Å². The van der Waals surface area contributed by atoms with Crippen LogP contribution in [0.2, 0.25) is 0 Å². The minimum absolute atomic E-state index is 0.0489. The first kappa shape index (κ1) is 11.8. The summed E-state index contributed by atoms with van der Waals surface area (Å²) < 4.78 is 9.73. The van der Waals surface area contributed by atoms with Gasteiger partial charge >= 0.3 is 0 Å². The van der Waals surface area contributed by atoms with Crippen LogP contribution in [0.4, 0.5) is 5.13 Å². The topological polar surface area (TPSA) is 47.0 Å². The summed E-state index contributed by atoms with van der Waals surface area (Å²) in [4.78, 5) is 4.50. The van der Waals surface area contributed by atoms with Crippen molar-refractivity contribution in [3.63, 3.8) is 0 Å². The second-order valence-corrected chi connectivity index (χ2v) is 6.08. The third-order valence-corrected chi connectivity index (χ3v) is 3.11. The Morgan fingerprint density at radius 1 is 1.50 bits per heavy atom. The number of nitrogens with zero attached hydrogens (tertiary/aromatic N) is 2. The maximum atomic E-state index is 5.35. The molecular formula is C11H19N3OS. The van der Waals surface area contributed by atoms with Crippen LogP contribution >= 0.6 is 11.5 Å². The highest BCUT2D eigenvalue weighted by molar-refractivity contribution is 7.09. The van der Waals surface area contributed by atoms with E-state index in [0.717, 1.165) is 37.0 Å². The van der Waals surface area contributed by atoms with Crippen molar-refractivity contribution in [1.82, 2.24) is 9.36 Å². The van der Waals surface area contributed by atoms with Gasteiger partial charge in [-0.25, -0.2) is 4.98 Å². The first-order chi connectivity index (χ1) is 7.53. The first-order valence-electron chi connectivity index (χ1n) is 5.71. The molecular weight excluding hydrogens is 222 g/mol. The standard InChI is InChI=1S/C11H19N3OS/c1-11(2,3)13-10-12-9(14-16-10)6-8-4-5-15-7-8/h8H,4-7H2,1-3H3,(H,12,13,14). The van der Waals surface area contributed by atoms with Crippen molar-refractivity contribution < 1.29 is 4.74 Å². The Kier molecular flexibility index (Phi) is 3.44. The molecule has 2 rings (SSSR count). The number of hydrogen-bond acceptors (Lipinski definition) is 5. The van der Waals surface area contributed by atoms with Gasteiger partial charge in [0.15, 0.2) is 0 Å². The van der Waals surface area contributed by atoms with Gasteiger partial charge in [0.25, 0.3) is 0 Å². The fourth-order valence-electron chi connectivity index (χ4n) is 1.71. The van der Waals surface area contributed by atoms with Crippen LogP contribution in [0.1, 0.15) is 33.0 Å². The Labute approximate surface area is 101 Å². The van der Waals surface area contributed by atoms with Crippen LogP contribution in [0.3, 0.4) is 0 Å². The lowest BCUT2D eigenvalue weighted by atomic mass is 10.1. The monoisotopic (exact) mass is 241 g/mol. The van der Waals surface area contributed by atoms with E-state index >= 15 is 0 Å². The highest BCUT2D eigenvalue weighted by atomic mass is 32.1. The summed E-state index contributed by atoms with van der Waals surface area (Å²) in [7, 11) is 0. The van der Waals surface area contributed by atoms with Crippen molar-refractivity contribution in [2.75, 3.05) is 18.5 Å². The van der Waals surface area contributed by atoms with E-state index in [1.807, 2.05) is 0 Å². The minimum atomic E-state index is 0.0489. The molecule has 90 valence electrons. The molecule has 0 spiro atoms. The summed E-state index contributed by atoms with van der Waals surface area (Å²) in [5.41, 5.74) is 0.0489. The fraction of sp³-hybridized carbons (Fsp3) is 0.818. The normalized spacial score (nSPS) is 21.3. The second-order valence-electron chi connectivity index (χ2n) is 5.32. The summed E-state index contributed by atoms with van der Waals surface area (Å²) in [5.74, 6) is 1.56. The van der Waals surface area contributed by atoms with E-state index in [2.05, 4.69) is 35.4 Å². The molecule has 0 bridgehead atoms. The zero-order valence-electron chi connectivity index (χ0n) is 10.1. The number of ether oxygens (including phenoxy) is 1. The zero-order valence-corrected chi connectivity index (χ0v) is 10.9. The zero-order chi connectivity index (χ0) is 11.6. The summed E-state index contributed by atoms with van der Waals surface area (Å²) >= 11 is 1.45. The first-order valence-corrected chi connectivity index (χ1v) is 6.49. The van der Waals surface area contributed by atoms with Crippen LogP contribution in [0.5, 0.6) is 0 Å². The highest BCUT2D eigenvalue weighted by Crippen LogP contribution is 2.21.